The molecule has 1 atom stereocenters. The molecule has 19 heavy (non-hydrogen) atoms. The molecule has 0 fully saturated rings. The van der Waals surface area contributed by atoms with Gasteiger partial charge < -0.3 is 10.8 Å². The zero-order chi connectivity index (χ0) is 14.0. The number of hydrogen-bond donors (Lipinski definition) is 2. The molecule has 100 valence electrons. The first-order chi connectivity index (χ1) is 8.97. The summed E-state index contributed by atoms with van der Waals surface area (Å²) in [6.07, 6.45) is -0.572. The minimum Gasteiger partial charge on any atom is -0.398 e. The quantitative estimate of drug-likeness (QED) is 0.842. The molecule has 0 aliphatic rings. The van der Waals surface area contributed by atoms with Crippen molar-refractivity contribution in [1.29, 1.82) is 0 Å². The highest BCUT2D eigenvalue weighted by Crippen LogP contribution is 2.27. The van der Waals surface area contributed by atoms with Crippen LogP contribution in [0.2, 0.25) is 10.0 Å². The molecule has 0 radical (unpaired) electrons. The van der Waals surface area contributed by atoms with Crippen LogP contribution in [0.5, 0.6) is 0 Å². The largest absolute Gasteiger partial charge is 0.398 e. The zero-order valence-corrected chi connectivity index (χ0v) is 11.4. The molecule has 3 N–H and O–H groups in total. The van der Waals surface area contributed by atoms with Crippen molar-refractivity contribution >= 4 is 28.9 Å². The monoisotopic (exact) mass is 299 g/mol. The van der Waals surface area contributed by atoms with Gasteiger partial charge in [-0.15, -0.1) is 0 Å². The summed E-state index contributed by atoms with van der Waals surface area (Å²) in [5, 5.41) is 10.7. The van der Waals surface area contributed by atoms with Gasteiger partial charge in [-0.2, -0.15) is 0 Å². The van der Waals surface area contributed by atoms with E-state index in [0.29, 0.717) is 21.8 Å². The Morgan fingerprint density at radius 1 is 1.16 bits per heavy atom. The number of aliphatic hydroxyl groups excluding tert-OH is 1. The van der Waals surface area contributed by atoms with Gasteiger partial charge in [0.15, 0.2) is 0 Å². The van der Waals surface area contributed by atoms with Gasteiger partial charge in [-0.05, 0) is 29.8 Å². The third kappa shape index (κ3) is 3.38. The summed E-state index contributed by atoms with van der Waals surface area (Å²) in [5.41, 5.74) is 7.41. The lowest BCUT2D eigenvalue weighted by Crippen LogP contribution is -2.05. The minimum atomic E-state index is -0.821. The lowest BCUT2D eigenvalue weighted by Gasteiger charge is -2.14. The number of rotatable bonds is 3. The third-order valence-electron chi connectivity index (χ3n) is 2.82. The topological polar surface area (TPSA) is 46.2 Å². The molecule has 0 aliphatic carbocycles. The SMILES string of the molecule is Nc1cc(Cl)ccc1C(O)Cc1ccc(Cl)c(F)c1. The van der Waals surface area contributed by atoms with Crippen molar-refractivity contribution in [3.63, 3.8) is 0 Å². The Labute approximate surface area is 120 Å². The maximum atomic E-state index is 13.3. The van der Waals surface area contributed by atoms with E-state index in [1.165, 1.54) is 12.1 Å². The normalized spacial score (nSPS) is 12.4. The number of aliphatic hydroxyl groups is 1. The van der Waals surface area contributed by atoms with E-state index in [1.54, 1.807) is 24.3 Å². The van der Waals surface area contributed by atoms with Crippen LogP contribution in [-0.2, 0) is 6.42 Å². The lowest BCUT2D eigenvalue weighted by molar-refractivity contribution is 0.179. The van der Waals surface area contributed by atoms with Crippen LogP contribution in [0.4, 0.5) is 10.1 Å². The molecule has 2 aromatic rings. The van der Waals surface area contributed by atoms with Gasteiger partial charge in [-0.3, -0.25) is 0 Å². The molecule has 2 nitrogen and oxygen atoms in total. The van der Waals surface area contributed by atoms with Gasteiger partial charge in [0.25, 0.3) is 0 Å². The predicted octanol–water partition coefficient (Wildman–Crippen LogP) is 3.99. The molecule has 1 unspecified atom stereocenters. The van der Waals surface area contributed by atoms with Crippen molar-refractivity contribution < 1.29 is 9.50 Å². The van der Waals surface area contributed by atoms with Gasteiger partial charge in [0.05, 0.1) is 11.1 Å². The number of nitrogens with two attached hydrogens (primary N) is 1. The summed E-state index contributed by atoms with van der Waals surface area (Å²) < 4.78 is 13.3. The first-order valence-electron chi connectivity index (χ1n) is 5.64. The molecule has 0 aliphatic heterocycles. The fourth-order valence-electron chi connectivity index (χ4n) is 1.85. The molecule has 0 heterocycles. The number of halogens is 3. The number of nitrogen functional groups attached to an aromatic ring is 1. The second-order valence-corrected chi connectivity index (χ2v) is 5.09. The van der Waals surface area contributed by atoms with Crippen LogP contribution in [0.1, 0.15) is 17.2 Å². The van der Waals surface area contributed by atoms with Crippen LogP contribution in [0.15, 0.2) is 36.4 Å². The Balaban J connectivity index is 2.20. The van der Waals surface area contributed by atoms with Crippen molar-refractivity contribution in [2.24, 2.45) is 0 Å². The van der Waals surface area contributed by atoms with Crippen LogP contribution < -0.4 is 5.73 Å². The summed E-state index contributed by atoms with van der Waals surface area (Å²) in [5.74, 6) is -0.504. The highest BCUT2D eigenvalue weighted by Gasteiger charge is 2.13. The van der Waals surface area contributed by atoms with Crippen LogP contribution in [-0.4, -0.2) is 5.11 Å². The smallest absolute Gasteiger partial charge is 0.142 e. The number of anilines is 1. The standard InChI is InChI=1S/C14H12Cl2FNO/c15-9-2-3-10(13(18)7-9)14(19)6-8-1-4-11(16)12(17)5-8/h1-5,7,14,19H,6,18H2. The molecule has 0 aromatic heterocycles. The van der Waals surface area contributed by atoms with Crippen molar-refractivity contribution in [2.45, 2.75) is 12.5 Å². The summed E-state index contributed by atoms with van der Waals surface area (Å²) in [6.45, 7) is 0. The molecule has 2 aromatic carbocycles. The molecular weight excluding hydrogens is 288 g/mol. The van der Waals surface area contributed by atoms with E-state index in [9.17, 15) is 9.50 Å². The highest BCUT2D eigenvalue weighted by atomic mass is 35.5. The van der Waals surface area contributed by atoms with Gasteiger partial charge in [0, 0.05) is 22.7 Å². The molecule has 5 heteroatoms. The van der Waals surface area contributed by atoms with Crippen molar-refractivity contribution in [1.82, 2.24) is 0 Å². The highest BCUT2D eigenvalue weighted by molar-refractivity contribution is 6.31. The Morgan fingerprint density at radius 2 is 1.89 bits per heavy atom. The molecular formula is C14H12Cl2FNO. The van der Waals surface area contributed by atoms with E-state index in [4.69, 9.17) is 28.9 Å². The van der Waals surface area contributed by atoms with E-state index in [1.807, 2.05) is 0 Å². The first kappa shape index (κ1) is 14.1. The van der Waals surface area contributed by atoms with Gasteiger partial charge >= 0.3 is 0 Å². The second-order valence-electron chi connectivity index (χ2n) is 4.24. The van der Waals surface area contributed by atoms with Crippen molar-refractivity contribution in [3.8, 4) is 0 Å². The summed E-state index contributed by atoms with van der Waals surface area (Å²) in [7, 11) is 0. The van der Waals surface area contributed by atoms with Crippen LogP contribution in [0.3, 0.4) is 0 Å². The van der Waals surface area contributed by atoms with E-state index >= 15 is 0 Å². The minimum absolute atomic E-state index is 0.0595. The summed E-state index contributed by atoms with van der Waals surface area (Å²) in [4.78, 5) is 0. The lowest BCUT2D eigenvalue weighted by atomic mass is 10.00. The van der Waals surface area contributed by atoms with E-state index in [2.05, 4.69) is 0 Å². The van der Waals surface area contributed by atoms with Crippen molar-refractivity contribution in [3.05, 3.63) is 63.4 Å². The fraction of sp³-hybridized carbons (Fsp3) is 0.143. The Morgan fingerprint density at radius 3 is 2.53 bits per heavy atom. The maximum absolute atomic E-state index is 13.3. The second kappa shape index (κ2) is 5.78. The Kier molecular flexibility index (Phi) is 4.30. The molecule has 0 spiro atoms. The van der Waals surface area contributed by atoms with E-state index < -0.39 is 11.9 Å². The van der Waals surface area contributed by atoms with Crippen LogP contribution in [0, 0.1) is 5.82 Å². The van der Waals surface area contributed by atoms with E-state index in [0.717, 1.165) is 0 Å². The molecule has 0 amide bonds. The third-order valence-corrected chi connectivity index (χ3v) is 3.36. The van der Waals surface area contributed by atoms with Crippen molar-refractivity contribution in [2.75, 3.05) is 5.73 Å². The Hall–Kier alpha value is -1.29. The van der Waals surface area contributed by atoms with Gasteiger partial charge in [0.1, 0.15) is 5.82 Å². The molecule has 2 rings (SSSR count). The summed E-state index contributed by atoms with van der Waals surface area (Å²) >= 11 is 11.4. The average molecular weight is 300 g/mol. The Bertz CT molecular complexity index is 604. The predicted molar refractivity (Wildman–Crippen MR) is 75.9 cm³/mol. The zero-order valence-electron chi connectivity index (χ0n) is 9.91. The number of hydrogen-bond acceptors (Lipinski definition) is 2. The number of benzene rings is 2. The summed E-state index contributed by atoms with van der Waals surface area (Å²) in [6, 6.07) is 9.32. The average Bonchev–Trinajstić information content (AvgIpc) is 2.33. The van der Waals surface area contributed by atoms with Gasteiger partial charge in [-0.25, -0.2) is 4.39 Å². The first-order valence-corrected chi connectivity index (χ1v) is 6.40. The maximum Gasteiger partial charge on any atom is 0.142 e. The van der Waals surface area contributed by atoms with Gasteiger partial charge in [0.2, 0.25) is 0 Å². The molecule has 0 saturated carbocycles. The molecule has 0 bridgehead atoms. The van der Waals surface area contributed by atoms with Crippen LogP contribution >= 0.6 is 23.2 Å². The van der Waals surface area contributed by atoms with E-state index in [-0.39, 0.29) is 11.4 Å². The fourth-order valence-corrected chi connectivity index (χ4v) is 2.15. The molecule has 0 saturated heterocycles. The van der Waals surface area contributed by atoms with Crippen LogP contribution in [0.25, 0.3) is 0 Å². The van der Waals surface area contributed by atoms with Gasteiger partial charge in [-0.1, -0.05) is 35.3 Å².